The van der Waals surface area contributed by atoms with Crippen LogP contribution in [-0.4, -0.2) is 39.4 Å². The summed E-state index contributed by atoms with van der Waals surface area (Å²) < 4.78 is 41.2. The van der Waals surface area contributed by atoms with Gasteiger partial charge >= 0.3 is 0 Å². The van der Waals surface area contributed by atoms with E-state index in [1.54, 1.807) is 13.2 Å². The Labute approximate surface area is 239 Å². The molecule has 1 aliphatic carbocycles. The number of nitro groups is 1. The van der Waals surface area contributed by atoms with Gasteiger partial charge in [-0.1, -0.05) is 39.0 Å². The molecule has 0 bridgehead atoms. The van der Waals surface area contributed by atoms with Crippen LogP contribution in [0.5, 0.6) is 11.5 Å². The van der Waals surface area contributed by atoms with Gasteiger partial charge in [-0.15, -0.1) is 11.8 Å². The smallest absolute Gasteiger partial charge is 0.269 e. The van der Waals surface area contributed by atoms with E-state index in [2.05, 4.69) is 32.9 Å². The minimum atomic E-state index is -4.06. The topological polar surface area (TPSA) is 99.0 Å². The number of benzene rings is 3. The fourth-order valence-corrected chi connectivity index (χ4v) is 9.38. The zero-order valence-electron chi connectivity index (χ0n) is 23.3. The zero-order valence-corrected chi connectivity index (χ0v) is 24.9. The standard InChI is InChI=1S/C30H34N2O6S2/c1-29(2)27-19-31(40(35,36)22-13-11-20(12-14-22)32(33)34)24-18-26(38-5)25(37-4)17-23(24)30(27,3)16-15-28(29)39-21-9-7-6-8-10-21/h6-14,17-18,27-28H,15-16,19H2,1-5H3/t27-,28-,30+/m0/s1. The predicted octanol–water partition coefficient (Wildman–Crippen LogP) is 6.68. The van der Waals surface area contributed by atoms with Crippen LogP contribution in [0.15, 0.2) is 76.5 Å². The maximum absolute atomic E-state index is 14.2. The van der Waals surface area contributed by atoms with Crippen molar-refractivity contribution in [3.63, 3.8) is 0 Å². The highest BCUT2D eigenvalue weighted by atomic mass is 32.2. The maximum atomic E-state index is 14.2. The number of non-ortho nitro benzene ring substituents is 1. The third-order valence-corrected chi connectivity index (χ3v) is 12.3. The molecule has 1 heterocycles. The van der Waals surface area contributed by atoms with Crippen LogP contribution in [0.4, 0.5) is 11.4 Å². The van der Waals surface area contributed by atoms with E-state index in [1.165, 1.54) is 40.6 Å². The summed E-state index contributed by atoms with van der Waals surface area (Å²) in [4.78, 5) is 11.9. The summed E-state index contributed by atoms with van der Waals surface area (Å²) in [6.45, 7) is 7.01. The average molecular weight is 583 g/mol. The molecular weight excluding hydrogens is 548 g/mol. The minimum Gasteiger partial charge on any atom is -0.493 e. The van der Waals surface area contributed by atoms with E-state index in [0.717, 1.165) is 18.4 Å². The van der Waals surface area contributed by atoms with Crippen molar-refractivity contribution in [3.05, 3.63) is 82.4 Å². The quantitative estimate of drug-likeness (QED) is 0.226. The van der Waals surface area contributed by atoms with Crippen LogP contribution >= 0.6 is 11.8 Å². The summed E-state index contributed by atoms with van der Waals surface area (Å²) in [6, 6.07) is 19.1. The molecule has 3 aromatic rings. The van der Waals surface area contributed by atoms with Gasteiger partial charge in [0.1, 0.15) is 0 Å². The Morgan fingerprint density at radius 2 is 1.60 bits per heavy atom. The van der Waals surface area contributed by atoms with Gasteiger partial charge in [0.25, 0.3) is 15.7 Å². The number of methoxy groups -OCH3 is 2. The number of nitro benzene ring substituents is 1. The third kappa shape index (κ3) is 4.60. The molecule has 0 amide bonds. The first-order chi connectivity index (χ1) is 18.9. The van der Waals surface area contributed by atoms with Crippen LogP contribution in [0.2, 0.25) is 0 Å². The lowest BCUT2D eigenvalue weighted by molar-refractivity contribution is -0.384. The molecule has 0 N–H and O–H groups in total. The summed E-state index contributed by atoms with van der Waals surface area (Å²) in [6.07, 6.45) is 1.86. The second-order valence-corrected chi connectivity index (χ2v) is 14.4. The largest absolute Gasteiger partial charge is 0.493 e. The third-order valence-electron chi connectivity index (χ3n) is 8.81. The first-order valence-corrected chi connectivity index (χ1v) is 15.5. The Bertz CT molecular complexity index is 1530. The van der Waals surface area contributed by atoms with E-state index in [-0.39, 0.29) is 39.1 Å². The van der Waals surface area contributed by atoms with Gasteiger partial charge in [-0.05, 0) is 65.5 Å². The monoisotopic (exact) mass is 582 g/mol. The van der Waals surface area contributed by atoms with Crippen molar-refractivity contribution in [2.24, 2.45) is 11.3 Å². The number of anilines is 1. The summed E-state index contributed by atoms with van der Waals surface area (Å²) >= 11 is 1.85. The highest BCUT2D eigenvalue weighted by Crippen LogP contribution is 2.61. The number of hydrogen-bond donors (Lipinski definition) is 0. The van der Waals surface area contributed by atoms with E-state index in [4.69, 9.17) is 9.47 Å². The van der Waals surface area contributed by atoms with Crippen molar-refractivity contribution >= 4 is 33.2 Å². The molecule has 1 fully saturated rings. The highest BCUT2D eigenvalue weighted by Gasteiger charge is 2.57. The van der Waals surface area contributed by atoms with Crippen LogP contribution in [-0.2, 0) is 15.4 Å². The molecule has 0 aromatic heterocycles. The Balaban J connectivity index is 1.65. The average Bonchev–Trinajstić information content (AvgIpc) is 2.94. The second-order valence-electron chi connectivity index (χ2n) is 11.3. The molecule has 8 nitrogen and oxygen atoms in total. The summed E-state index contributed by atoms with van der Waals surface area (Å²) in [5.74, 6) is 0.975. The van der Waals surface area contributed by atoms with Gasteiger partial charge in [0.05, 0.1) is 29.7 Å². The van der Waals surface area contributed by atoms with Crippen molar-refractivity contribution < 1.29 is 22.8 Å². The van der Waals surface area contributed by atoms with Crippen molar-refractivity contribution in [2.45, 2.75) is 54.1 Å². The lowest BCUT2D eigenvalue weighted by Gasteiger charge is -2.58. The molecule has 5 rings (SSSR count). The van der Waals surface area contributed by atoms with Gasteiger partial charge in [0, 0.05) is 34.9 Å². The lowest BCUT2D eigenvalue weighted by Crippen LogP contribution is -2.59. The lowest BCUT2D eigenvalue weighted by atomic mass is 9.52. The Kier molecular flexibility index (Phi) is 7.29. The molecule has 40 heavy (non-hydrogen) atoms. The summed E-state index contributed by atoms with van der Waals surface area (Å²) in [7, 11) is -0.950. The summed E-state index contributed by atoms with van der Waals surface area (Å²) in [5, 5.41) is 11.5. The van der Waals surface area contributed by atoms with Gasteiger partial charge in [-0.3, -0.25) is 14.4 Å². The molecular formula is C30H34N2O6S2. The van der Waals surface area contributed by atoms with Crippen molar-refractivity contribution in [1.29, 1.82) is 0 Å². The second kappa shape index (κ2) is 10.3. The van der Waals surface area contributed by atoms with Crippen LogP contribution < -0.4 is 13.8 Å². The maximum Gasteiger partial charge on any atom is 0.269 e. The first-order valence-electron chi connectivity index (χ1n) is 13.2. The number of hydrogen-bond acceptors (Lipinski definition) is 7. The molecule has 3 aromatic carbocycles. The van der Waals surface area contributed by atoms with Gasteiger partial charge in [-0.25, -0.2) is 8.42 Å². The summed E-state index contributed by atoms with van der Waals surface area (Å²) in [5.41, 5.74) is 0.754. The fourth-order valence-electron chi connectivity index (χ4n) is 6.55. The first kappa shape index (κ1) is 28.3. The number of sulfonamides is 1. The normalized spacial score (nSPS) is 23.6. The molecule has 10 heteroatoms. The SMILES string of the molecule is COc1cc2c(cc1OC)[C@@]1(C)CC[C@H](Sc3ccccc3)C(C)(C)[C@@H]1CN2S(=O)(=O)c1ccc([N+](=O)[O-])cc1. The molecule has 1 saturated carbocycles. The van der Waals surface area contributed by atoms with Crippen molar-refractivity contribution in [3.8, 4) is 11.5 Å². The number of fused-ring (bicyclic) bond motifs is 3. The Morgan fingerprint density at radius 1 is 0.975 bits per heavy atom. The fraction of sp³-hybridized carbons (Fsp3) is 0.400. The highest BCUT2D eigenvalue weighted by molar-refractivity contribution is 8.00. The number of ether oxygens (including phenoxy) is 2. The van der Waals surface area contributed by atoms with E-state index in [0.29, 0.717) is 17.2 Å². The van der Waals surface area contributed by atoms with Gasteiger partial charge in [0.15, 0.2) is 11.5 Å². The van der Waals surface area contributed by atoms with E-state index >= 15 is 0 Å². The van der Waals surface area contributed by atoms with Crippen molar-refractivity contribution in [2.75, 3.05) is 25.1 Å². The van der Waals surface area contributed by atoms with Crippen LogP contribution in [0.3, 0.4) is 0 Å². The van der Waals surface area contributed by atoms with Crippen molar-refractivity contribution in [1.82, 2.24) is 0 Å². The molecule has 1 aliphatic heterocycles. The van der Waals surface area contributed by atoms with Gasteiger partial charge in [-0.2, -0.15) is 0 Å². The van der Waals surface area contributed by atoms with Gasteiger partial charge < -0.3 is 9.47 Å². The number of nitrogens with zero attached hydrogens (tertiary/aromatic N) is 2. The van der Waals surface area contributed by atoms with Gasteiger partial charge in [0.2, 0.25) is 0 Å². The van der Waals surface area contributed by atoms with E-state index in [1.807, 2.05) is 36.0 Å². The molecule has 0 saturated heterocycles. The molecule has 0 unspecified atom stereocenters. The Hall–Kier alpha value is -3.24. The number of rotatable bonds is 7. The predicted molar refractivity (Wildman–Crippen MR) is 157 cm³/mol. The molecule has 212 valence electrons. The van der Waals surface area contributed by atoms with E-state index in [9.17, 15) is 18.5 Å². The van der Waals surface area contributed by atoms with Crippen LogP contribution in [0.1, 0.15) is 39.2 Å². The molecule has 2 aliphatic rings. The van der Waals surface area contributed by atoms with Crippen LogP contribution in [0, 0.1) is 21.4 Å². The van der Waals surface area contributed by atoms with E-state index < -0.39 is 14.9 Å². The molecule has 3 atom stereocenters. The number of thioether (sulfide) groups is 1. The molecule has 0 radical (unpaired) electrons. The van der Waals surface area contributed by atoms with Crippen LogP contribution in [0.25, 0.3) is 0 Å². The minimum absolute atomic E-state index is 0.00580. The zero-order chi connectivity index (χ0) is 28.9. The molecule has 0 spiro atoms. The Morgan fingerprint density at radius 3 is 2.20 bits per heavy atom.